The molecule has 0 unspecified atom stereocenters. The fraction of sp³-hybridized carbons (Fsp3) is 0.286. The number of nitrogens with one attached hydrogen (secondary N) is 1. The van der Waals surface area contributed by atoms with Gasteiger partial charge in [-0.05, 0) is 49.2 Å². The van der Waals surface area contributed by atoms with E-state index < -0.39 is 5.97 Å². The summed E-state index contributed by atoms with van der Waals surface area (Å²) in [5.41, 5.74) is 1.49. The first-order chi connectivity index (χ1) is 13.1. The van der Waals surface area contributed by atoms with Gasteiger partial charge >= 0.3 is 5.97 Å². The van der Waals surface area contributed by atoms with Crippen LogP contribution in [-0.4, -0.2) is 27.6 Å². The second kappa shape index (κ2) is 8.37. The van der Waals surface area contributed by atoms with Crippen LogP contribution < -0.4 is 5.32 Å². The summed E-state index contributed by atoms with van der Waals surface area (Å²) < 4.78 is 1.75. The largest absolute Gasteiger partial charge is 0.478 e. The van der Waals surface area contributed by atoms with E-state index in [-0.39, 0.29) is 23.1 Å². The van der Waals surface area contributed by atoms with Crippen molar-refractivity contribution in [3.05, 3.63) is 59.4 Å². The molecule has 0 spiro atoms. The Hall–Kier alpha value is -3.33. The second-order valence-corrected chi connectivity index (χ2v) is 6.64. The van der Waals surface area contributed by atoms with Gasteiger partial charge in [-0.1, -0.05) is 25.3 Å². The smallest absolute Gasteiger partial charge is 0.335 e. The average molecular weight is 363 g/mol. The number of hydrogen-bond acceptors (Lipinski definition) is 3. The molecule has 138 valence electrons. The third kappa shape index (κ3) is 4.45. The molecule has 2 N–H and O–H groups in total. The van der Waals surface area contributed by atoms with Gasteiger partial charge in [-0.3, -0.25) is 4.79 Å². The first-order valence-corrected chi connectivity index (χ1v) is 9.02. The van der Waals surface area contributed by atoms with Gasteiger partial charge in [-0.15, -0.1) is 0 Å². The Balaban J connectivity index is 1.85. The zero-order valence-corrected chi connectivity index (χ0v) is 14.9. The number of carbonyl (C=O) groups excluding carboxylic acids is 1. The molecule has 0 bridgehead atoms. The van der Waals surface area contributed by atoms with Gasteiger partial charge in [0, 0.05) is 23.6 Å². The Morgan fingerprint density at radius 3 is 2.67 bits per heavy atom. The molecule has 1 fully saturated rings. The highest BCUT2D eigenvalue weighted by molar-refractivity contribution is 6.01. The number of amides is 1. The van der Waals surface area contributed by atoms with Crippen LogP contribution in [0.4, 0.5) is 0 Å². The van der Waals surface area contributed by atoms with Crippen molar-refractivity contribution < 1.29 is 14.7 Å². The van der Waals surface area contributed by atoms with Crippen molar-refractivity contribution in [3.63, 3.8) is 0 Å². The molecule has 6 heteroatoms. The summed E-state index contributed by atoms with van der Waals surface area (Å²) in [5.74, 6) is -1.37. The molecule has 0 radical (unpaired) electrons. The Labute approximate surface area is 157 Å². The molecule has 27 heavy (non-hydrogen) atoms. The van der Waals surface area contributed by atoms with Crippen molar-refractivity contribution in [2.45, 2.75) is 38.1 Å². The third-order valence-corrected chi connectivity index (χ3v) is 4.75. The van der Waals surface area contributed by atoms with E-state index in [4.69, 9.17) is 0 Å². The lowest BCUT2D eigenvalue weighted by Gasteiger charge is -2.22. The normalized spacial score (nSPS) is 15.1. The number of hydrogen-bond donors (Lipinski definition) is 2. The number of carboxylic acid groups (broad SMARTS) is 1. The van der Waals surface area contributed by atoms with Gasteiger partial charge in [-0.25, -0.2) is 4.79 Å². The molecule has 1 aliphatic rings. The maximum absolute atomic E-state index is 12.5. The van der Waals surface area contributed by atoms with E-state index in [2.05, 4.69) is 5.32 Å². The molecule has 1 heterocycles. The number of nitrogens with zero attached hydrogens (tertiary/aromatic N) is 2. The highest BCUT2D eigenvalue weighted by atomic mass is 16.4. The summed E-state index contributed by atoms with van der Waals surface area (Å²) in [6, 6.07) is 12.2. The van der Waals surface area contributed by atoms with E-state index in [0.717, 1.165) is 25.7 Å². The van der Waals surface area contributed by atoms with Gasteiger partial charge in [0.2, 0.25) is 0 Å². The Morgan fingerprint density at radius 1 is 1.19 bits per heavy atom. The van der Waals surface area contributed by atoms with Crippen LogP contribution in [0.25, 0.3) is 11.8 Å². The van der Waals surface area contributed by atoms with Gasteiger partial charge in [0.1, 0.15) is 11.6 Å². The Morgan fingerprint density at radius 2 is 1.96 bits per heavy atom. The number of carboxylic acids is 1. The maximum atomic E-state index is 12.5. The van der Waals surface area contributed by atoms with Crippen molar-refractivity contribution in [1.29, 1.82) is 5.26 Å². The van der Waals surface area contributed by atoms with Crippen molar-refractivity contribution in [2.75, 3.05) is 0 Å². The summed E-state index contributed by atoms with van der Waals surface area (Å²) in [5, 5.41) is 21.6. The number of nitriles is 1. The topological polar surface area (TPSA) is 95.1 Å². The summed E-state index contributed by atoms with van der Waals surface area (Å²) in [4.78, 5) is 23.7. The van der Waals surface area contributed by atoms with Gasteiger partial charge in [0.05, 0.1) is 5.56 Å². The third-order valence-electron chi connectivity index (χ3n) is 4.75. The Kier molecular flexibility index (Phi) is 5.72. The van der Waals surface area contributed by atoms with Crippen LogP contribution in [0.3, 0.4) is 0 Å². The summed E-state index contributed by atoms with van der Waals surface area (Å²) in [7, 11) is 0. The van der Waals surface area contributed by atoms with Crippen molar-refractivity contribution in [1.82, 2.24) is 9.88 Å². The molecular weight excluding hydrogens is 342 g/mol. The fourth-order valence-electron chi connectivity index (χ4n) is 3.34. The van der Waals surface area contributed by atoms with E-state index >= 15 is 0 Å². The minimum atomic E-state index is -1.01. The number of carbonyl (C=O) groups is 2. The molecule has 6 nitrogen and oxygen atoms in total. The summed E-state index contributed by atoms with van der Waals surface area (Å²) >= 11 is 0. The minimum Gasteiger partial charge on any atom is -0.478 e. The quantitative estimate of drug-likeness (QED) is 0.627. The lowest BCUT2D eigenvalue weighted by molar-refractivity contribution is -0.117. The molecule has 1 amide bonds. The van der Waals surface area contributed by atoms with Crippen molar-refractivity contribution in [2.24, 2.45) is 0 Å². The summed E-state index contributed by atoms with van der Waals surface area (Å²) in [6.45, 7) is 0. The highest BCUT2D eigenvalue weighted by Gasteiger charge is 2.18. The molecule has 1 aromatic heterocycles. The van der Waals surface area contributed by atoms with Crippen LogP contribution >= 0.6 is 0 Å². The van der Waals surface area contributed by atoms with E-state index in [1.165, 1.54) is 18.6 Å². The van der Waals surface area contributed by atoms with E-state index in [9.17, 15) is 20.0 Å². The zero-order valence-electron chi connectivity index (χ0n) is 14.9. The number of rotatable bonds is 5. The lowest BCUT2D eigenvalue weighted by atomic mass is 9.95. The zero-order chi connectivity index (χ0) is 19.2. The monoisotopic (exact) mass is 363 g/mol. The predicted octanol–water partition coefficient (Wildman–Crippen LogP) is 3.53. The van der Waals surface area contributed by atoms with Gasteiger partial charge < -0.3 is 15.0 Å². The van der Waals surface area contributed by atoms with Crippen LogP contribution in [0, 0.1) is 11.3 Å². The molecule has 1 saturated carbocycles. The molecule has 1 aromatic carbocycles. The second-order valence-electron chi connectivity index (χ2n) is 6.64. The Bertz CT molecular complexity index is 915. The van der Waals surface area contributed by atoms with Crippen molar-refractivity contribution in [3.8, 4) is 11.8 Å². The molecule has 3 rings (SSSR count). The van der Waals surface area contributed by atoms with Crippen molar-refractivity contribution >= 4 is 18.0 Å². The fourth-order valence-corrected chi connectivity index (χ4v) is 3.34. The van der Waals surface area contributed by atoms with Gasteiger partial charge in [0.25, 0.3) is 5.91 Å². The molecule has 1 aliphatic carbocycles. The SMILES string of the molecule is N#C/C(=C\c1cccn1-c1cccc(C(=O)O)c1)C(=O)NC1CCCCC1. The summed E-state index contributed by atoms with van der Waals surface area (Å²) in [6.07, 6.45) is 8.58. The first kappa shape index (κ1) is 18.5. The molecular formula is C21H21N3O3. The molecule has 0 aliphatic heterocycles. The maximum Gasteiger partial charge on any atom is 0.335 e. The minimum absolute atomic E-state index is 0.0370. The molecule has 2 aromatic rings. The van der Waals surface area contributed by atoms with Crippen LogP contribution in [0.2, 0.25) is 0 Å². The van der Waals surface area contributed by atoms with E-state index in [1.807, 2.05) is 6.07 Å². The van der Waals surface area contributed by atoms with Crippen LogP contribution in [0.15, 0.2) is 48.2 Å². The number of benzene rings is 1. The lowest BCUT2D eigenvalue weighted by Crippen LogP contribution is -2.36. The molecule has 0 saturated heterocycles. The van der Waals surface area contributed by atoms with Crippen LogP contribution in [0.1, 0.15) is 48.2 Å². The van der Waals surface area contributed by atoms with Crippen LogP contribution in [0.5, 0.6) is 0 Å². The average Bonchev–Trinajstić information content (AvgIpc) is 3.15. The van der Waals surface area contributed by atoms with Crippen LogP contribution in [-0.2, 0) is 4.79 Å². The van der Waals surface area contributed by atoms with E-state index in [0.29, 0.717) is 11.4 Å². The highest BCUT2D eigenvalue weighted by Crippen LogP contribution is 2.19. The number of aromatic carboxylic acids is 1. The standard InChI is InChI=1S/C21H21N3O3/c22-14-16(20(25)23-17-7-2-1-3-8-17)13-19-10-5-11-24(19)18-9-4-6-15(12-18)21(26)27/h4-6,9-13,17H,1-3,7-8H2,(H,23,25)(H,26,27)/b16-13+. The first-order valence-electron chi connectivity index (χ1n) is 9.02. The molecule has 0 atom stereocenters. The predicted molar refractivity (Wildman–Crippen MR) is 101 cm³/mol. The van der Waals surface area contributed by atoms with Gasteiger partial charge in [0.15, 0.2) is 0 Å². The number of aromatic nitrogens is 1. The van der Waals surface area contributed by atoms with Gasteiger partial charge in [-0.2, -0.15) is 5.26 Å². The van der Waals surface area contributed by atoms with E-state index in [1.54, 1.807) is 41.1 Å².